The second-order valence-corrected chi connectivity index (χ2v) is 2.51. The fourth-order valence-corrected chi connectivity index (χ4v) is 1.03. The van der Waals surface area contributed by atoms with Crippen molar-refractivity contribution in [3.63, 3.8) is 0 Å². The van der Waals surface area contributed by atoms with Gasteiger partial charge in [0.15, 0.2) is 0 Å². The van der Waals surface area contributed by atoms with E-state index in [1.807, 2.05) is 13.8 Å². The average Bonchev–Trinajstić information content (AvgIpc) is 2.05. The Morgan fingerprint density at radius 2 is 2.00 bits per heavy atom. The van der Waals surface area contributed by atoms with Crippen molar-refractivity contribution in [1.29, 1.82) is 0 Å². The van der Waals surface area contributed by atoms with Crippen LogP contribution in [0.5, 0.6) is 0 Å². The molecule has 0 aromatic carbocycles. The monoisotopic (exact) mass is 160 g/mol. The molecule has 0 amide bonds. The molecule has 0 bridgehead atoms. The number of carbonyl (C=O) groups is 1. The van der Waals surface area contributed by atoms with Crippen LogP contribution in [0.2, 0.25) is 0 Å². The summed E-state index contributed by atoms with van der Waals surface area (Å²) < 4.78 is 4.53. The van der Waals surface area contributed by atoms with E-state index in [2.05, 4.69) is 4.74 Å². The molecule has 0 saturated heterocycles. The highest BCUT2D eigenvalue weighted by Gasteiger charge is 2.23. The van der Waals surface area contributed by atoms with E-state index in [0.717, 1.165) is 0 Å². The zero-order valence-electron chi connectivity index (χ0n) is 7.33. The van der Waals surface area contributed by atoms with Gasteiger partial charge in [-0.05, 0) is 12.8 Å². The van der Waals surface area contributed by atoms with Gasteiger partial charge >= 0.3 is 5.97 Å². The van der Waals surface area contributed by atoms with Gasteiger partial charge in [0.25, 0.3) is 0 Å². The molecular weight excluding hydrogens is 144 g/mol. The number of ether oxygens (including phenoxy) is 1. The standard InChI is InChI=1S/C8H16O3/c1-4-6(7(9)5-2)8(10)11-3/h6-7,9H,4-5H2,1-3H3. The van der Waals surface area contributed by atoms with Crippen LogP contribution in [0.3, 0.4) is 0 Å². The van der Waals surface area contributed by atoms with Crippen LogP contribution in [0, 0.1) is 5.92 Å². The fourth-order valence-electron chi connectivity index (χ4n) is 1.03. The molecule has 0 aliphatic heterocycles. The van der Waals surface area contributed by atoms with Gasteiger partial charge in [0.05, 0.1) is 19.1 Å². The molecule has 0 fully saturated rings. The van der Waals surface area contributed by atoms with Gasteiger partial charge in [0, 0.05) is 0 Å². The fraction of sp³-hybridized carbons (Fsp3) is 0.875. The second-order valence-electron chi connectivity index (χ2n) is 2.51. The Morgan fingerprint density at radius 1 is 1.45 bits per heavy atom. The summed E-state index contributed by atoms with van der Waals surface area (Å²) in [5.41, 5.74) is 0. The first-order valence-electron chi connectivity index (χ1n) is 3.93. The molecule has 0 aromatic heterocycles. The molecule has 2 atom stereocenters. The van der Waals surface area contributed by atoms with Crippen molar-refractivity contribution in [3.05, 3.63) is 0 Å². The molecule has 3 heteroatoms. The topological polar surface area (TPSA) is 46.5 Å². The van der Waals surface area contributed by atoms with E-state index in [0.29, 0.717) is 12.8 Å². The number of carbonyl (C=O) groups excluding carboxylic acids is 1. The minimum Gasteiger partial charge on any atom is -0.469 e. The maximum absolute atomic E-state index is 11.0. The van der Waals surface area contributed by atoms with Crippen molar-refractivity contribution < 1.29 is 14.6 Å². The van der Waals surface area contributed by atoms with Crippen LogP contribution in [-0.2, 0) is 9.53 Å². The Labute approximate surface area is 67.4 Å². The van der Waals surface area contributed by atoms with Gasteiger partial charge in [-0.25, -0.2) is 0 Å². The number of esters is 1. The largest absolute Gasteiger partial charge is 0.469 e. The predicted molar refractivity (Wildman–Crippen MR) is 42.1 cm³/mol. The summed E-state index contributed by atoms with van der Waals surface area (Å²) in [6.07, 6.45) is 0.655. The summed E-state index contributed by atoms with van der Waals surface area (Å²) in [5, 5.41) is 9.32. The first-order chi connectivity index (χ1) is 5.17. The molecule has 2 unspecified atom stereocenters. The minimum atomic E-state index is -0.563. The molecule has 0 heterocycles. The SMILES string of the molecule is CCC(O)C(CC)C(=O)OC. The molecule has 11 heavy (non-hydrogen) atoms. The first-order valence-corrected chi connectivity index (χ1v) is 3.93. The molecular formula is C8H16O3. The third kappa shape index (κ3) is 2.89. The van der Waals surface area contributed by atoms with Gasteiger partial charge < -0.3 is 9.84 Å². The highest BCUT2D eigenvalue weighted by atomic mass is 16.5. The first kappa shape index (κ1) is 10.4. The number of hydrogen-bond donors (Lipinski definition) is 1. The summed E-state index contributed by atoms with van der Waals surface area (Å²) in [6, 6.07) is 0. The minimum absolute atomic E-state index is 0.318. The lowest BCUT2D eigenvalue weighted by Crippen LogP contribution is -2.28. The molecule has 0 aromatic rings. The van der Waals surface area contributed by atoms with Gasteiger partial charge in [-0.15, -0.1) is 0 Å². The van der Waals surface area contributed by atoms with Crippen LogP contribution in [0.15, 0.2) is 0 Å². The molecule has 0 spiro atoms. The van der Waals surface area contributed by atoms with E-state index in [4.69, 9.17) is 0 Å². The van der Waals surface area contributed by atoms with Crippen LogP contribution >= 0.6 is 0 Å². The molecule has 0 saturated carbocycles. The van der Waals surface area contributed by atoms with Gasteiger partial charge in [-0.2, -0.15) is 0 Å². The molecule has 0 radical (unpaired) electrons. The third-order valence-electron chi connectivity index (χ3n) is 1.83. The van der Waals surface area contributed by atoms with Crippen molar-refractivity contribution in [1.82, 2.24) is 0 Å². The lowest BCUT2D eigenvalue weighted by atomic mass is 9.98. The number of methoxy groups -OCH3 is 1. The Balaban J connectivity index is 4.03. The lowest BCUT2D eigenvalue weighted by Gasteiger charge is -2.16. The molecule has 0 aliphatic rings. The summed E-state index contributed by atoms with van der Waals surface area (Å²) in [4.78, 5) is 11.0. The zero-order valence-corrected chi connectivity index (χ0v) is 7.33. The van der Waals surface area contributed by atoms with Crippen molar-refractivity contribution in [3.8, 4) is 0 Å². The summed E-state index contributed by atoms with van der Waals surface area (Å²) in [7, 11) is 1.34. The number of aliphatic hydroxyl groups excluding tert-OH is 1. The van der Waals surface area contributed by atoms with Gasteiger partial charge in [0.1, 0.15) is 0 Å². The van der Waals surface area contributed by atoms with Crippen LogP contribution in [0.4, 0.5) is 0 Å². The number of rotatable bonds is 4. The van der Waals surface area contributed by atoms with E-state index >= 15 is 0 Å². The smallest absolute Gasteiger partial charge is 0.311 e. The predicted octanol–water partition coefficient (Wildman–Crippen LogP) is 0.956. The third-order valence-corrected chi connectivity index (χ3v) is 1.83. The quantitative estimate of drug-likeness (QED) is 0.623. The van der Waals surface area contributed by atoms with Gasteiger partial charge in [-0.3, -0.25) is 4.79 Å². The van der Waals surface area contributed by atoms with E-state index in [-0.39, 0.29) is 11.9 Å². The van der Waals surface area contributed by atoms with Gasteiger partial charge in [-0.1, -0.05) is 13.8 Å². The van der Waals surface area contributed by atoms with E-state index in [9.17, 15) is 9.90 Å². The van der Waals surface area contributed by atoms with Gasteiger partial charge in [0.2, 0.25) is 0 Å². The van der Waals surface area contributed by atoms with E-state index in [1.54, 1.807) is 0 Å². The van der Waals surface area contributed by atoms with Crippen molar-refractivity contribution in [2.75, 3.05) is 7.11 Å². The highest BCUT2D eigenvalue weighted by molar-refractivity contribution is 5.72. The Morgan fingerprint density at radius 3 is 2.27 bits per heavy atom. The molecule has 1 N–H and O–H groups in total. The maximum Gasteiger partial charge on any atom is 0.311 e. The van der Waals surface area contributed by atoms with E-state index in [1.165, 1.54) is 7.11 Å². The Kier molecular flexibility index (Phi) is 4.86. The lowest BCUT2D eigenvalue weighted by molar-refractivity contribution is -0.149. The van der Waals surface area contributed by atoms with Crippen molar-refractivity contribution in [2.45, 2.75) is 32.8 Å². The second kappa shape index (κ2) is 5.13. The summed E-state index contributed by atoms with van der Waals surface area (Å²) in [6.45, 7) is 3.71. The Bertz CT molecular complexity index is 123. The molecule has 0 aliphatic carbocycles. The number of hydrogen-bond acceptors (Lipinski definition) is 3. The zero-order chi connectivity index (χ0) is 8.85. The van der Waals surface area contributed by atoms with Crippen molar-refractivity contribution >= 4 is 5.97 Å². The summed E-state index contributed by atoms with van der Waals surface area (Å²) >= 11 is 0. The van der Waals surface area contributed by atoms with Crippen LogP contribution < -0.4 is 0 Å². The van der Waals surface area contributed by atoms with Crippen LogP contribution in [-0.4, -0.2) is 24.3 Å². The van der Waals surface area contributed by atoms with E-state index < -0.39 is 6.10 Å². The molecule has 3 nitrogen and oxygen atoms in total. The number of aliphatic hydroxyl groups is 1. The average molecular weight is 160 g/mol. The maximum atomic E-state index is 11.0. The molecule has 66 valence electrons. The van der Waals surface area contributed by atoms with Crippen LogP contribution in [0.1, 0.15) is 26.7 Å². The van der Waals surface area contributed by atoms with Crippen LogP contribution in [0.25, 0.3) is 0 Å². The summed E-state index contributed by atoms with van der Waals surface area (Å²) in [5.74, 6) is -0.674. The normalized spacial score (nSPS) is 15.6. The molecule has 0 rings (SSSR count). The van der Waals surface area contributed by atoms with Crippen molar-refractivity contribution in [2.24, 2.45) is 5.92 Å². The Hall–Kier alpha value is -0.570. The highest BCUT2D eigenvalue weighted by Crippen LogP contribution is 2.12.